The molecule has 1 fully saturated rings. The standard InChI is InChI=1S/C14H17F3N2O2/c15-14(16,17)11-3-1-2-10(12(11)18)13(21)19-8-4-6-9(20)7-5-8/h1-3,8-9,20H,4-7,18H2,(H,19,21). The lowest BCUT2D eigenvalue weighted by atomic mass is 9.93. The molecule has 0 aromatic heterocycles. The molecule has 0 aliphatic heterocycles. The van der Waals surface area contributed by atoms with Crippen molar-refractivity contribution >= 4 is 11.6 Å². The molecule has 2 rings (SSSR count). The molecule has 0 atom stereocenters. The summed E-state index contributed by atoms with van der Waals surface area (Å²) >= 11 is 0. The first-order valence-electron chi connectivity index (χ1n) is 6.73. The molecule has 0 spiro atoms. The number of nitrogens with one attached hydrogen (secondary N) is 1. The van der Waals surface area contributed by atoms with Gasteiger partial charge < -0.3 is 16.2 Å². The summed E-state index contributed by atoms with van der Waals surface area (Å²) in [6.07, 6.45) is -2.60. The second-order valence-electron chi connectivity index (χ2n) is 5.24. The molecule has 0 unspecified atom stereocenters. The average molecular weight is 302 g/mol. The van der Waals surface area contributed by atoms with Crippen molar-refractivity contribution in [1.29, 1.82) is 0 Å². The van der Waals surface area contributed by atoms with Gasteiger partial charge in [0.15, 0.2) is 0 Å². The molecule has 0 radical (unpaired) electrons. The molecule has 116 valence electrons. The third-order valence-electron chi connectivity index (χ3n) is 3.69. The number of carbonyl (C=O) groups is 1. The van der Waals surface area contributed by atoms with Gasteiger partial charge in [-0.05, 0) is 37.8 Å². The minimum absolute atomic E-state index is 0.144. The molecule has 0 heterocycles. The third-order valence-corrected chi connectivity index (χ3v) is 3.69. The minimum Gasteiger partial charge on any atom is -0.398 e. The van der Waals surface area contributed by atoms with Gasteiger partial charge in [0.05, 0.1) is 22.9 Å². The van der Waals surface area contributed by atoms with Crippen molar-refractivity contribution in [3.63, 3.8) is 0 Å². The number of hydrogen-bond donors (Lipinski definition) is 3. The second-order valence-corrected chi connectivity index (χ2v) is 5.24. The van der Waals surface area contributed by atoms with Gasteiger partial charge in [-0.3, -0.25) is 4.79 Å². The van der Waals surface area contributed by atoms with Crippen LogP contribution in [0, 0.1) is 0 Å². The number of benzene rings is 1. The summed E-state index contributed by atoms with van der Waals surface area (Å²) in [5.41, 5.74) is 3.74. The van der Waals surface area contributed by atoms with E-state index >= 15 is 0 Å². The zero-order valence-electron chi connectivity index (χ0n) is 11.3. The highest BCUT2D eigenvalue weighted by atomic mass is 19.4. The maximum Gasteiger partial charge on any atom is 0.418 e. The zero-order valence-corrected chi connectivity index (χ0v) is 11.3. The number of anilines is 1. The molecule has 4 N–H and O–H groups in total. The lowest BCUT2D eigenvalue weighted by Crippen LogP contribution is -2.39. The van der Waals surface area contributed by atoms with Gasteiger partial charge in [0.1, 0.15) is 0 Å². The van der Waals surface area contributed by atoms with Crippen LogP contribution in [0.15, 0.2) is 18.2 Å². The molecule has 1 amide bonds. The molecule has 0 saturated heterocycles. The Balaban J connectivity index is 2.13. The Hall–Kier alpha value is -1.76. The van der Waals surface area contributed by atoms with E-state index in [1.54, 1.807) is 0 Å². The van der Waals surface area contributed by atoms with E-state index in [1.807, 2.05) is 0 Å². The van der Waals surface area contributed by atoms with Gasteiger partial charge in [-0.15, -0.1) is 0 Å². The first kappa shape index (κ1) is 15.6. The predicted molar refractivity (Wildman–Crippen MR) is 71.6 cm³/mol. The van der Waals surface area contributed by atoms with Crippen molar-refractivity contribution in [1.82, 2.24) is 5.32 Å². The van der Waals surface area contributed by atoms with E-state index in [4.69, 9.17) is 5.73 Å². The molecular formula is C14H17F3N2O2. The van der Waals surface area contributed by atoms with Crippen molar-refractivity contribution in [3.8, 4) is 0 Å². The van der Waals surface area contributed by atoms with E-state index in [9.17, 15) is 23.1 Å². The van der Waals surface area contributed by atoms with Crippen LogP contribution in [0.1, 0.15) is 41.6 Å². The Labute approximate surface area is 120 Å². The van der Waals surface area contributed by atoms with E-state index in [0.29, 0.717) is 25.7 Å². The topological polar surface area (TPSA) is 75.4 Å². The van der Waals surface area contributed by atoms with E-state index in [0.717, 1.165) is 6.07 Å². The van der Waals surface area contributed by atoms with Crippen LogP contribution in [0.4, 0.5) is 18.9 Å². The first-order chi connectivity index (χ1) is 9.79. The number of nitrogen functional groups attached to an aromatic ring is 1. The number of nitrogens with two attached hydrogens (primary N) is 1. The summed E-state index contributed by atoms with van der Waals surface area (Å²) in [7, 11) is 0. The smallest absolute Gasteiger partial charge is 0.398 e. The van der Waals surface area contributed by atoms with Crippen LogP contribution in [-0.2, 0) is 6.18 Å². The number of alkyl halides is 3. The van der Waals surface area contributed by atoms with Crippen molar-refractivity contribution in [2.75, 3.05) is 5.73 Å². The van der Waals surface area contributed by atoms with E-state index < -0.39 is 23.3 Å². The molecule has 21 heavy (non-hydrogen) atoms. The summed E-state index contributed by atoms with van der Waals surface area (Å²) in [4.78, 5) is 12.1. The van der Waals surface area contributed by atoms with Crippen LogP contribution in [0.5, 0.6) is 0 Å². The highest BCUT2D eigenvalue weighted by Crippen LogP contribution is 2.35. The van der Waals surface area contributed by atoms with E-state index in [-0.39, 0.29) is 17.7 Å². The number of halogens is 3. The molecule has 4 nitrogen and oxygen atoms in total. The zero-order chi connectivity index (χ0) is 15.6. The normalized spacial score (nSPS) is 22.9. The Morgan fingerprint density at radius 1 is 1.24 bits per heavy atom. The number of aliphatic hydroxyl groups excluding tert-OH is 1. The fraction of sp³-hybridized carbons (Fsp3) is 0.500. The van der Waals surface area contributed by atoms with Crippen LogP contribution in [0.25, 0.3) is 0 Å². The second kappa shape index (κ2) is 5.93. The molecular weight excluding hydrogens is 285 g/mol. The molecule has 1 saturated carbocycles. The summed E-state index contributed by atoms with van der Waals surface area (Å²) < 4.78 is 38.3. The summed E-state index contributed by atoms with van der Waals surface area (Å²) in [6, 6.07) is 3.15. The van der Waals surface area contributed by atoms with Crippen LogP contribution in [0.3, 0.4) is 0 Å². The fourth-order valence-electron chi connectivity index (χ4n) is 2.49. The number of para-hydroxylation sites is 1. The number of hydrogen-bond acceptors (Lipinski definition) is 3. The maximum absolute atomic E-state index is 12.8. The lowest BCUT2D eigenvalue weighted by molar-refractivity contribution is -0.136. The predicted octanol–water partition coefficient (Wildman–Crippen LogP) is 2.32. The first-order valence-corrected chi connectivity index (χ1v) is 6.73. The summed E-state index contributed by atoms with van der Waals surface area (Å²) in [5.74, 6) is -0.611. The maximum atomic E-state index is 12.8. The van der Waals surface area contributed by atoms with Gasteiger partial charge in [-0.2, -0.15) is 13.2 Å². The molecule has 7 heteroatoms. The molecule has 1 aliphatic carbocycles. The Bertz CT molecular complexity index is 523. The highest BCUT2D eigenvalue weighted by Gasteiger charge is 2.34. The molecule has 1 aromatic rings. The SMILES string of the molecule is Nc1c(C(=O)NC2CCC(O)CC2)cccc1C(F)(F)F. The molecule has 0 bridgehead atoms. The van der Waals surface area contributed by atoms with Crippen molar-refractivity contribution in [2.45, 2.75) is 44.0 Å². The van der Waals surface area contributed by atoms with Gasteiger partial charge in [0.2, 0.25) is 0 Å². The van der Waals surface area contributed by atoms with Gasteiger partial charge in [-0.25, -0.2) is 0 Å². The number of aliphatic hydroxyl groups is 1. The van der Waals surface area contributed by atoms with Crippen molar-refractivity contribution in [3.05, 3.63) is 29.3 Å². The Morgan fingerprint density at radius 2 is 1.86 bits per heavy atom. The van der Waals surface area contributed by atoms with E-state index in [2.05, 4.69) is 5.32 Å². The lowest BCUT2D eigenvalue weighted by Gasteiger charge is -2.26. The third kappa shape index (κ3) is 3.66. The molecule has 1 aliphatic rings. The van der Waals surface area contributed by atoms with E-state index in [1.165, 1.54) is 12.1 Å². The number of amides is 1. The Kier molecular flexibility index (Phi) is 4.41. The largest absolute Gasteiger partial charge is 0.418 e. The van der Waals surface area contributed by atoms with Gasteiger partial charge >= 0.3 is 6.18 Å². The van der Waals surface area contributed by atoms with Crippen molar-refractivity contribution < 1.29 is 23.1 Å². The summed E-state index contributed by atoms with van der Waals surface area (Å²) in [6.45, 7) is 0. The summed E-state index contributed by atoms with van der Waals surface area (Å²) in [5, 5.41) is 12.1. The number of carbonyl (C=O) groups excluding carboxylic acids is 1. The van der Waals surface area contributed by atoms with Gasteiger partial charge in [0.25, 0.3) is 5.91 Å². The molecule has 1 aromatic carbocycles. The van der Waals surface area contributed by atoms with Crippen LogP contribution >= 0.6 is 0 Å². The van der Waals surface area contributed by atoms with Crippen molar-refractivity contribution in [2.24, 2.45) is 0 Å². The highest BCUT2D eigenvalue weighted by molar-refractivity contribution is 6.00. The van der Waals surface area contributed by atoms with Gasteiger partial charge in [-0.1, -0.05) is 6.07 Å². The Morgan fingerprint density at radius 3 is 2.43 bits per heavy atom. The van der Waals surface area contributed by atoms with Crippen LogP contribution in [-0.4, -0.2) is 23.2 Å². The quantitative estimate of drug-likeness (QED) is 0.734. The monoisotopic (exact) mass is 302 g/mol. The number of rotatable bonds is 2. The average Bonchev–Trinajstić information content (AvgIpc) is 2.40. The minimum atomic E-state index is -4.59. The van der Waals surface area contributed by atoms with Crippen LogP contribution in [0.2, 0.25) is 0 Å². The van der Waals surface area contributed by atoms with Crippen LogP contribution < -0.4 is 11.1 Å². The van der Waals surface area contributed by atoms with Gasteiger partial charge in [0, 0.05) is 6.04 Å². The fourth-order valence-corrected chi connectivity index (χ4v) is 2.49.